The first kappa shape index (κ1) is 23.1. The lowest BCUT2D eigenvalue weighted by molar-refractivity contribution is 0.266. The van der Waals surface area contributed by atoms with Crippen molar-refractivity contribution in [1.29, 1.82) is 5.26 Å². The maximum atomic E-state index is 14.7. The zero-order valence-corrected chi connectivity index (χ0v) is 20.1. The monoisotopic (exact) mass is 486 g/mol. The summed E-state index contributed by atoms with van der Waals surface area (Å²) in [6, 6.07) is 10.3. The lowest BCUT2D eigenvalue weighted by atomic mass is 9.83. The summed E-state index contributed by atoms with van der Waals surface area (Å²) in [6.45, 7) is 7.16. The van der Waals surface area contributed by atoms with Crippen LogP contribution in [0.25, 0.3) is 28.0 Å². The Labute approximate surface area is 208 Å². The number of rotatable bonds is 5. The van der Waals surface area contributed by atoms with E-state index in [9.17, 15) is 9.65 Å². The number of hydrogen-bond acceptors (Lipinski definition) is 5. The smallest absolute Gasteiger partial charge is 0.234 e. The van der Waals surface area contributed by atoms with Crippen LogP contribution >= 0.6 is 11.6 Å². The maximum absolute atomic E-state index is 14.7. The Balaban J connectivity index is 1.74. The number of nitriles is 1. The summed E-state index contributed by atoms with van der Waals surface area (Å²) < 4.78 is 16.8. The highest BCUT2D eigenvalue weighted by Crippen LogP contribution is 2.35. The Morgan fingerprint density at radius 1 is 1.17 bits per heavy atom. The van der Waals surface area contributed by atoms with Crippen molar-refractivity contribution in [2.24, 2.45) is 11.8 Å². The van der Waals surface area contributed by atoms with Crippen molar-refractivity contribution in [3.05, 3.63) is 77.4 Å². The number of benzene rings is 1. The van der Waals surface area contributed by atoms with Gasteiger partial charge < -0.3 is 4.57 Å². The summed E-state index contributed by atoms with van der Waals surface area (Å²) in [7, 11) is 0. The van der Waals surface area contributed by atoms with Gasteiger partial charge in [0.05, 0.1) is 5.02 Å². The molecule has 6 nitrogen and oxygen atoms in total. The van der Waals surface area contributed by atoms with Gasteiger partial charge in [-0.05, 0) is 36.8 Å². The summed E-state index contributed by atoms with van der Waals surface area (Å²) in [5, 5.41) is 10.0. The van der Waals surface area contributed by atoms with Crippen LogP contribution in [0.4, 0.5) is 4.39 Å². The van der Waals surface area contributed by atoms with Gasteiger partial charge in [0, 0.05) is 35.6 Å². The van der Waals surface area contributed by atoms with Crippen LogP contribution in [0, 0.1) is 29.0 Å². The van der Waals surface area contributed by atoms with E-state index < -0.39 is 0 Å². The summed E-state index contributed by atoms with van der Waals surface area (Å²) in [5.41, 5.74) is 3.04. The van der Waals surface area contributed by atoms with Crippen LogP contribution < -0.4 is 0 Å². The van der Waals surface area contributed by atoms with Gasteiger partial charge in [-0.3, -0.25) is 4.98 Å². The minimum atomic E-state index is -0.370. The van der Waals surface area contributed by atoms with Gasteiger partial charge in [0.2, 0.25) is 5.82 Å². The maximum Gasteiger partial charge on any atom is 0.234 e. The molecular formula is C27H24ClFN6. The second kappa shape index (κ2) is 9.55. The van der Waals surface area contributed by atoms with Crippen molar-refractivity contribution in [2.45, 2.75) is 39.2 Å². The third-order valence-corrected chi connectivity index (χ3v) is 6.93. The van der Waals surface area contributed by atoms with E-state index in [-0.39, 0.29) is 11.6 Å². The third-order valence-electron chi connectivity index (χ3n) is 6.73. The van der Waals surface area contributed by atoms with E-state index >= 15 is 0 Å². The van der Waals surface area contributed by atoms with E-state index in [0.29, 0.717) is 62.8 Å². The summed E-state index contributed by atoms with van der Waals surface area (Å²) in [5.74, 6) is 1.28. The molecule has 3 heterocycles. The van der Waals surface area contributed by atoms with Gasteiger partial charge in [0.1, 0.15) is 28.9 Å². The topological polar surface area (TPSA) is 80.3 Å². The molecule has 1 saturated carbocycles. The number of halogens is 2. The minimum absolute atomic E-state index is 0.00771. The SMILES string of the molecule is C=C(c1ccccc1F)c1nc2nc(C#N)nc(-c3cncc(Cl)c3)c2n1CC1CCC(C)CC1. The molecule has 0 radical (unpaired) electrons. The van der Waals surface area contributed by atoms with Crippen LogP contribution in [0.5, 0.6) is 0 Å². The highest BCUT2D eigenvalue weighted by molar-refractivity contribution is 6.30. The molecule has 4 aromatic rings. The summed E-state index contributed by atoms with van der Waals surface area (Å²) in [4.78, 5) is 17.9. The van der Waals surface area contributed by atoms with Gasteiger partial charge in [-0.1, -0.05) is 56.1 Å². The quantitative estimate of drug-likeness (QED) is 0.324. The number of aromatic nitrogens is 5. The average Bonchev–Trinajstić information content (AvgIpc) is 3.22. The number of hydrogen-bond donors (Lipinski definition) is 0. The number of nitrogens with zero attached hydrogens (tertiary/aromatic N) is 6. The molecule has 1 aliphatic carbocycles. The number of fused-ring (bicyclic) bond motifs is 1. The molecule has 35 heavy (non-hydrogen) atoms. The van der Waals surface area contributed by atoms with Crippen LogP contribution in [-0.4, -0.2) is 24.5 Å². The Bertz CT molecular complexity index is 1460. The Morgan fingerprint density at radius 2 is 1.94 bits per heavy atom. The molecule has 1 aromatic carbocycles. The fourth-order valence-electron chi connectivity index (χ4n) is 4.83. The van der Waals surface area contributed by atoms with Crippen LogP contribution in [0.1, 0.15) is 49.8 Å². The molecule has 5 rings (SSSR count). The van der Waals surface area contributed by atoms with Gasteiger partial charge in [0.15, 0.2) is 5.65 Å². The Kier molecular flexibility index (Phi) is 6.31. The highest BCUT2D eigenvalue weighted by atomic mass is 35.5. The standard InChI is InChI=1S/C27H24ClFN6/c1-16-7-9-18(10-8-16)15-35-25-24(19-11-20(28)14-31-13-19)32-23(12-30)33-26(25)34-27(35)17(2)21-5-3-4-6-22(21)29/h3-6,11,13-14,16,18H,2,7-10,15H2,1H3. The van der Waals surface area contributed by atoms with Crippen molar-refractivity contribution in [1.82, 2.24) is 24.5 Å². The molecule has 0 spiro atoms. The summed E-state index contributed by atoms with van der Waals surface area (Å²) >= 11 is 6.23. The molecule has 0 saturated heterocycles. The lowest BCUT2D eigenvalue weighted by Crippen LogP contribution is -2.19. The van der Waals surface area contributed by atoms with E-state index in [1.807, 2.05) is 10.6 Å². The molecule has 0 N–H and O–H groups in total. The van der Waals surface area contributed by atoms with Crippen LogP contribution in [0.3, 0.4) is 0 Å². The number of imidazole rings is 1. The van der Waals surface area contributed by atoms with Crippen LogP contribution in [0.15, 0.2) is 49.3 Å². The predicted molar refractivity (Wildman–Crippen MR) is 134 cm³/mol. The Morgan fingerprint density at radius 3 is 2.66 bits per heavy atom. The van der Waals surface area contributed by atoms with Gasteiger partial charge >= 0.3 is 0 Å². The molecule has 1 fully saturated rings. The number of pyridine rings is 1. The molecule has 3 aromatic heterocycles. The lowest BCUT2D eigenvalue weighted by Gasteiger charge is -2.27. The first-order valence-corrected chi connectivity index (χ1v) is 12.1. The zero-order chi connectivity index (χ0) is 24.5. The van der Waals surface area contributed by atoms with Gasteiger partial charge in [-0.25, -0.2) is 14.4 Å². The van der Waals surface area contributed by atoms with Gasteiger partial charge in [-0.2, -0.15) is 10.2 Å². The zero-order valence-electron chi connectivity index (χ0n) is 19.4. The van der Waals surface area contributed by atoms with Crippen molar-refractivity contribution < 1.29 is 4.39 Å². The molecule has 0 aliphatic heterocycles. The van der Waals surface area contributed by atoms with Gasteiger partial charge in [0.25, 0.3) is 0 Å². The molecule has 0 atom stereocenters. The van der Waals surface area contributed by atoms with E-state index in [4.69, 9.17) is 16.6 Å². The molecule has 8 heteroatoms. The van der Waals surface area contributed by atoms with Gasteiger partial charge in [-0.15, -0.1) is 0 Å². The second-order valence-corrected chi connectivity index (χ2v) is 9.64. The Hall–Kier alpha value is -3.63. The highest BCUT2D eigenvalue weighted by Gasteiger charge is 2.26. The average molecular weight is 487 g/mol. The minimum Gasteiger partial charge on any atom is -0.321 e. The molecule has 0 unspecified atom stereocenters. The molecule has 1 aliphatic rings. The van der Waals surface area contributed by atoms with E-state index in [2.05, 4.69) is 28.5 Å². The van der Waals surface area contributed by atoms with E-state index in [0.717, 1.165) is 12.8 Å². The van der Waals surface area contributed by atoms with Crippen molar-refractivity contribution in [2.75, 3.05) is 0 Å². The third kappa shape index (κ3) is 4.54. The molecule has 176 valence electrons. The fraction of sp³-hybridized carbons (Fsp3) is 0.296. The molecule has 0 bridgehead atoms. The molecule has 0 amide bonds. The second-order valence-electron chi connectivity index (χ2n) is 9.20. The normalized spacial score (nSPS) is 17.9. The van der Waals surface area contributed by atoms with Crippen molar-refractivity contribution >= 4 is 28.3 Å². The fourth-order valence-corrected chi connectivity index (χ4v) is 5.01. The first-order chi connectivity index (χ1) is 16.9. The van der Waals surface area contributed by atoms with Crippen molar-refractivity contribution in [3.8, 4) is 17.3 Å². The first-order valence-electron chi connectivity index (χ1n) is 11.7. The van der Waals surface area contributed by atoms with Crippen LogP contribution in [-0.2, 0) is 6.54 Å². The predicted octanol–water partition coefficient (Wildman–Crippen LogP) is 6.44. The largest absolute Gasteiger partial charge is 0.321 e. The van der Waals surface area contributed by atoms with Crippen LogP contribution in [0.2, 0.25) is 5.02 Å². The van der Waals surface area contributed by atoms with E-state index in [1.165, 1.54) is 18.9 Å². The van der Waals surface area contributed by atoms with Crippen molar-refractivity contribution in [3.63, 3.8) is 0 Å². The molecular weight excluding hydrogens is 463 g/mol. The summed E-state index contributed by atoms with van der Waals surface area (Å²) in [6.07, 6.45) is 7.72. The van der Waals surface area contributed by atoms with E-state index in [1.54, 1.807) is 36.7 Å².